The molecule has 28 nitrogen and oxygen atoms in total. The molecule has 0 unspecified atom stereocenters. The molecule has 5 rings (SSSR count). The van der Waals surface area contributed by atoms with Crippen molar-refractivity contribution in [1.29, 1.82) is 10.8 Å². The standard InChI is InChI=1S/C56H80N16O12/c1-32(2)47(70-49(78)39(12-6-23-64-56(60)61)67-50(79)40(28-33-16-19-37(73)20-17-33)68-51(80)42-13-7-25-71(42)46(76)31-65-45(75)30-57)52(81)62-24-21-44(74)66-38(11-5-22-63-55(58)59)48(77)69-41(53(82)72-26-8-14-43(72)54(83)84)29-34-15-18-35-9-3-4-10-36(35)27-34/h3-4,9-10,15-20,27,32,38-43,47,73H,5-8,11-14,21-26,28-31,57H2,1-2H3,(H,62,81)(H,65,75)(H,66,74)(H,67,79)(H,68,80)(H,69,77)(H,70,78)(H,83,84)(H4,58,59,63)(H4,60,61,64)/t38-,39-,40+,41+,42-,43-,47+/m0/s1. The quantitative estimate of drug-likeness (QED) is 0.0181. The summed E-state index contributed by atoms with van der Waals surface area (Å²) in [6.45, 7) is 2.93. The highest BCUT2D eigenvalue weighted by molar-refractivity contribution is 5.97. The molecule has 3 aromatic carbocycles. The van der Waals surface area contributed by atoms with Crippen molar-refractivity contribution in [1.82, 2.24) is 57.7 Å². The highest BCUT2D eigenvalue weighted by Gasteiger charge is 2.40. The molecule has 3 aromatic rings. The molecule has 2 saturated heterocycles. The van der Waals surface area contributed by atoms with Crippen LogP contribution in [0.1, 0.15) is 82.8 Å². The van der Waals surface area contributed by atoms with E-state index in [1.54, 1.807) is 13.8 Å². The van der Waals surface area contributed by atoms with E-state index in [2.05, 4.69) is 47.9 Å². The second-order valence-corrected chi connectivity index (χ2v) is 21.1. The van der Waals surface area contributed by atoms with Crippen LogP contribution in [0.2, 0.25) is 0 Å². The Labute approximate surface area is 486 Å². The molecule has 9 amide bonds. The van der Waals surface area contributed by atoms with E-state index in [0.29, 0.717) is 24.0 Å². The number of carbonyl (C=O) groups excluding carboxylic acids is 9. The van der Waals surface area contributed by atoms with Crippen LogP contribution in [0.5, 0.6) is 5.75 Å². The van der Waals surface area contributed by atoms with E-state index in [-0.39, 0.29) is 115 Å². The minimum atomic E-state index is -1.35. The summed E-state index contributed by atoms with van der Waals surface area (Å²) in [6, 6.07) is 10.5. The summed E-state index contributed by atoms with van der Waals surface area (Å²) in [5, 5.41) is 60.8. The molecule has 19 N–H and O–H groups in total. The van der Waals surface area contributed by atoms with E-state index in [0.717, 1.165) is 10.8 Å². The minimum absolute atomic E-state index is 0.000939. The average molecular weight is 1170 g/mol. The van der Waals surface area contributed by atoms with Crippen LogP contribution in [-0.2, 0) is 60.8 Å². The first-order valence-electron chi connectivity index (χ1n) is 28.0. The molecule has 0 radical (unpaired) electrons. The lowest BCUT2D eigenvalue weighted by Crippen LogP contribution is -2.59. The van der Waals surface area contributed by atoms with Crippen LogP contribution in [0, 0.1) is 16.7 Å². The number of carboxylic acids is 1. The Balaban J connectivity index is 1.28. The van der Waals surface area contributed by atoms with Gasteiger partial charge in [0, 0.05) is 52.0 Å². The molecule has 2 fully saturated rings. The molecule has 0 aliphatic carbocycles. The number of amides is 9. The highest BCUT2D eigenvalue weighted by Crippen LogP contribution is 2.23. The van der Waals surface area contributed by atoms with E-state index in [1.807, 2.05) is 42.5 Å². The van der Waals surface area contributed by atoms with Gasteiger partial charge in [-0.25, -0.2) is 4.79 Å². The van der Waals surface area contributed by atoms with E-state index in [1.165, 1.54) is 34.1 Å². The predicted molar refractivity (Wildman–Crippen MR) is 309 cm³/mol. The zero-order chi connectivity index (χ0) is 61.5. The summed E-state index contributed by atoms with van der Waals surface area (Å²) in [5.74, 6) is -8.57. The Bertz CT molecular complexity index is 2850. The first-order chi connectivity index (χ1) is 40.0. The van der Waals surface area contributed by atoms with Gasteiger partial charge in [-0.2, -0.15) is 0 Å². The first-order valence-corrected chi connectivity index (χ1v) is 28.0. The molecule has 2 aliphatic rings. The van der Waals surface area contributed by atoms with Gasteiger partial charge in [0.2, 0.25) is 53.2 Å². The maximum atomic E-state index is 14.3. The fraction of sp³-hybridized carbons (Fsp3) is 0.500. The number of nitrogens with two attached hydrogens (primary N) is 3. The van der Waals surface area contributed by atoms with Gasteiger partial charge in [0.15, 0.2) is 11.9 Å². The van der Waals surface area contributed by atoms with Gasteiger partial charge < -0.3 is 85.1 Å². The molecule has 0 spiro atoms. The number of hydrogen-bond acceptors (Lipinski definition) is 14. The number of phenols is 1. The van der Waals surface area contributed by atoms with Gasteiger partial charge in [0.1, 0.15) is 48.0 Å². The van der Waals surface area contributed by atoms with Crippen molar-refractivity contribution in [2.45, 2.75) is 127 Å². The summed E-state index contributed by atoms with van der Waals surface area (Å²) in [6.07, 6.45) is 1.27. The lowest BCUT2D eigenvalue weighted by Gasteiger charge is -2.29. The van der Waals surface area contributed by atoms with Crippen molar-refractivity contribution in [3.05, 3.63) is 77.9 Å². The van der Waals surface area contributed by atoms with Crippen molar-refractivity contribution in [2.75, 3.05) is 45.8 Å². The van der Waals surface area contributed by atoms with E-state index in [9.17, 15) is 58.2 Å². The van der Waals surface area contributed by atoms with Crippen LogP contribution in [0.25, 0.3) is 10.8 Å². The number of phenolic OH excluding ortho intramolecular Hbond substituents is 1. The number of hydrogen-bond donors (Lipinski definition) is 16. The smallest absolute Gasteiger partial charge is 0.326 e. The number of nitrogens with zero attached hydrogens (tertiary/aromatic N) is 2. The molecule has 456 valence electrons. The zero-order valence-corrected chi connectivity index (χ0v) is 47.3. The summed E-state index contributed by atoms with van der Waals surface area (Å²) in [4.78, 5) is 138. The second-order valence-electron chi connectivity index (χ2n) is 21.1. The number of rotatable bonds is 31. The van der Waals surface area contributed by atoms with Crippen molar-refractivity contribution in [3.63, 3.8) is 0 Å². The average Bonchev–Trinajstić information content (AvgIpc) is 3.92. The number of nitrogens with one attached hydrogen (secondary N) is 11. The molecular formula is C56H80N16O12. The molecule has 0 bridgehead atoms. The number of benzene rings is 3. The summed E-state index contributed by atoms with van der Waals surface area (Å²) < 4.78 is 0. The number of carbonyl (C=O) groups is 10. The van der Waals surface area contributed by atoms with Crippen molar-refractivity contribution >= 4 is 81.8 Å². The number of aromatic hydroxyl groups is 1. The fourth-order valence-electron chi connectivity index (χ4n) is 9.92. The van der Waals surface area contributed by atoms with Crippen LogP contribution >= 0.6 is 0 Å². The number of carboxylic acid groups (broad SMARTS) is 1. The van der Waals surface area contributed by atoms with E-state index in [4.69, 9.17) is 28.0 Å². The Morgan fingerprint density at radius 2 is 1.17 bits per heavy atom. The molecular weight excluding hydrogens is 1090 g/mol. The van der Waals surface area contributed by atoms with Crippen LogP contribution in [-0.4, -0.2) is 179 Å². The van der Waals surface area contributed by atoms with Crippen LogP contribution in [0.3, 0.4) is 0 Å². The third-order valence-corrected chi connectivity index (χ3v) is 14.3. The summed E-state index contributed by atoms with van der Waals surface area (Å²) >= 11 is 0. The van der Waals surface area contributed by atoms with Gasteiger partial charge in [-0.1, -0.05) is 68.4 Å². The van der Waals surface area contributed by atoms with Gasteiger partial charge in [-0.3, -0.25) is 54.0 Å². The van der Waals surface area contributed by atoms with Gasteiger partial charge in [-0.15, -0.1) is 0 Å². The minimum Gasteiger partial charge on any atom is -0.508 e. The SMILES string of the molecule is CC(C)[C@@H](NC(=O)[C@H](CCCNC(=N)N)NC(=O)[C@@H](Cc1ccc(O)cc1)NC(=O)[C@@H]1CCCN1C(=O)CNC(=O)CN)C(=O)NCCC(=O)N[C@@H](CCCNC(=N)N)C(=O)N[C@H](Cc1ccc2ccccc2c1)C(=O)N1CCC[C@H]1C(=O)O. The molecule has 7 atom stereocenters. The predicted octanol–water partition coefficient (Wildman–Crippen LogP) is -2.42. The molecule has 2 aliphatic heterocycles. The van der Waals surface area contributed by atoms with Crippen LogP contribution in [0.15, 0.2) is 66.7 Å². The molecule has 0 saturated carbocycles. The number of likely N-dealkylation sites (tertiary alicyclic amines) is 2. The summed E-state index contributed by atoms with van der Waals surface area (Å²) in [7, 11) is 0. The Morgan fingerprint density at radius 3 is 1.79 bits per heavy atom. The van der Waals surface area contributed by atoms with Crippen molar-refractivity contribution in [2.24, 2.45) is 23.1 Å². The third kappa shape index (κ3) is 20.4. The Morgan fingerprint density at radius 1 is 0.607 bits per heavy atom. The number of guanidine groups is 2. The lowest BCUT2D eigenvalue weighted by atomic mass is 10.00. The Kier molecular flexibility index (Phi) is 25.5. The second kappa shape index (κ2) is 32.5. The topological polar surface area (TPSA) is 452 Å². The number of fused-ring (bicyclic) bond motifs is 1. The van der Waals surface area contributed by atoms with Gasteiger partial charge in [0.05, 0.1) is 13.1 Å². The first kappa shape index (κ1) is 65.7. The summed E-state index contributed by atoms with van der Waals surface area (Å²) in [5.41, 5.74) is 17.5. The maximum absolute atomic E-state index is 14.3. The molecule has 84 heavy (non-hydrogen) atoms. The molecule has 28 heteroatoms. The number of aliphatic carboxylic acids is 1. The van der Waals surface area contributed by atoms with Crippen LogP contribution in [0.4, 0.5) is 0 Å². The Hall–Kier alpha value is -9.08. The zero-order valence-electron chi connectivity index (χ0n) is 47.3. The van der Waals surface area contributed by atoms with Gasteiger partial charge in [0.25, 0.3) is 0 Å². The van der Waals surface area contributed by atoms with Crippen molar-refractivity contribution in [3.8, 4) is 5.75 Å². The fourth-order valence-corrected chi connectivity index (χ4v) is 9.92. The van der Waals surface area contributed by atoms with Gasteiger partial charge in [-0.05, 0) is 91.3 Å². The van der Waals surface area contributed by atoms with Crippen LogP contribution < -0.4 is 65.1 Å². The largest absolute Gasteiger partial charge is 0.508 e. The highest BCUT2D eigenvalue weighted by atomic mass is 16.4. The maximum Gasteiger partial charge on any atom is 0.326 e. The van der Waals surface area contributed by atoms with Crippen molar-refractivity contribution < 1.29 is 58.2 Å². The van der Waals surface area contributed by atoms with E-state index < -0.39 is 114 Å². The monoisotopic (exact) mass is 1170 g/mol. The van der Waals surface area contributed by atoms with Gasteiger partial charge >= 0.3 is 5.97 Å². The normalized spacial score (nSPS) is 16.4. The molecule has 0 aromatic heterocycles. The molecule has 2 heterocycles. The van der Waals surface area contributed by atoms with E-state index >= 15 is 0 Å². The lowest BCUT2D eigenvalue weighted by molar-refractivity contribution is -0.149. The third-order valence-electron chi connectivity index (χ3n) is 14.3.